The zero-order valence-corrected chi connectivity index (χ0v) is 17.5. The number of carbonyl (C=O) groups excluding carboxylic acids is 1. The third-order valence-corrected chi connectivity index (χ3v) is 5.82. The fourth-order valence-electron chi connectivity index (χ4n) is 4.14. The van der Waals surface area contributed by atoms with Crippen molar-refractivity contribution < 1.29 is 9.53 Å². The van der Waals surface area contributed by atoms with Crippen LogP contribution in [-0.2, 0) is 9.53 Å². The quantitative estimate of drug-likeness (QED) is 0.587. The van der Waals surface area contributed by atoms with Crippen LogP contribution in [0.1, 0.15) is 44.1 Å². The lowest BCUT2D eigenvalue weighted by Crippen LogP contribution is -2.33. The Kier molecular flexibility index (Phi) is 6.63. The van der Waals surface area contributed by atoms with Gasteiger partial charge in [0.2, 0.25) is 0 Å². The Labute approximate surface area is 181 Å². The van der Waals surface area contributed by atoms with Crippen LogP contribution in [0.5, 0.6) is 0 Å². The first-order valence-corrected chi connectivity index (χ1v) is 11.0. The summed E-state index contributed by atoms with van der Waals surface area (Å²) >= 11 is 0. The van der Waals surface area contributed by atoms with Gasteiger partial charge in [-0.3, -0.25) is 14.0 Å². The molecule has 8 nitrogen and oxygen atoms in total. The summed E-state index contributed by atoms with van der Waals surface area (Å²) in [5.41, 5.74) is 0.424. The predicted molar refractivity (Wildman–Crippen MR) is 118 cm³/mol. The first-order chi connectivity index (χ1) is 15.2. The van der Waals surface area contributed by atoms with Gasteiger partial charge >= 0.3 is 0 Å². The number of nitrogens with one attached hydrogen (secondary N) is 1. The fourth-order valence-corrected chi connectivity index (χ4v) is 4.14. The molecule has 2 fully saturated rings. The molecule has 4 rings (SSSR count). The SMILES string of the molecule is N#CC(=Cc1c(N2CCCCCC2)nc2ccccn2c1=O)C(=O)NCC1CCCO1. The number of rotatable bonds is 5. The van der Waals surface area contributed by atoms with Crippen LogP contribution in [0.3, 0.4) is 0 Å². The summed E-state index contributed by atoms with van der Waals surface area (Å²) in [5.74, 6) is 0.0372. The van der Waals surface area contributed by atoms with Crippen molar-refractivity contribution in [3.8, 4) is 6.07 Å². The Morgan fingerprint density at radius 1 is 1.26 bits per heavy atom. The van der Waals surface area contributed by atoms with E-state index in [4.69, 9.17) is 9.72 Å². The van der Waals surface area contributed by atoms with Crippen LogP contribution < -0.4 is 15.8 Å². The Morgan fingerprint density at radius 3 is 2.77 bits per heavy atom. The average molecular weight is 422 g/mol. The van der Waals surface area contributed by atoms with Crippen molar-refractivity contribution >= 4 is 23.4 Å². The van der Waals surface area contributed by atoms with Gasteiger partial charge in [-0.05, 0) is 43.9 Å². The molecule has 4 heterocycles. The average Bonchev–Trinajstić information content (AvgIpc) is 3.17. The smallest absolute Gasteiger partial charge is 0.267 e. The van der Waals surface area contributed by atoms with Crippen LogP contribution in [0.25, 0.3) is 11.7 Å². The van der Waals surface area contributed by atoms with Crippen LogP contribution in [0.2, 0.25) is 0 Å². The molecule has 0 aliphatic carbocycles. The van der Waals surface area contributed by atoms with Crippen LogP contribution in [0.4, 0.5) is 5.82 Å². The topological polar surface area (TPSA) is 99.7 Å². The van der Waals surface area contributed by atoms with E-state index in [1.54, 1.807) is 18.3 Å². The second-order valence-electron chi connectivity index (χ2n) is 8.00. The molecule has 1 atom stereocenters. The molecule has 2 aliphatic heterocycles. The van der Waals surface area contributed by atoms with Crippen molar-refractivity contribution in [3.63, 3.8) is 0 Å². The van der Waals surface area contributed by atoms with E-state index < -0.39 is 5.91 Å². The minimum absolute atomic E-state index is 0.0236. The van der Waals surface area contributed by atoms with Gasteiger partial charge in [0.1, 0.15) is 23.1 Å². The van der Waals surface area contributed by atoms with Crippen molar-refractivity contribution in [2.45, 2.75) is 44.6 Å². The molecule has 1 amide bonds. The van der Waals surface area contributed by atoms with E-state index in [2.05, 4.69) is 10.2 Å². The highest BCUT2D eigenvalue weighted by Gasteiger charge is 2.22. The molecule has 0 aromatic carbocycles. The van der Waals surface area contributed by atoms with Gasteiger partial charge in [-0.15, -0.1) is 0 Å². The second kappa shape index (κ2) is 9.75. The zero-order valence-electron chi connectivity index (χ0n) is 17.5. The summed E-state index contributed by atoms with van der Waals surface area (Å²) in [5, 5.41) is 12.4. The summed E-state index contributed by atoms with van der Waals surface area (Å²) in [6.45, 7) is 2.64. The third kappa shape index (κ3) is 4.78. The monoisotopic (exact) mass is 421 g/mol. The molecule has 0 radical (unpaired) electrons. The number of nitriles is 1. The predicted octanol–water partition coefficient (Wildman–Crippen LogP) is 2.28. The molecule has 0 saturated carbocycles. The lowest BCUT2D eigenvalue weighted by atomic mass is 10.1. The Bertz CT molecular complexity index is 1070. The van der Waals surface area contributed by atoms with Gasteiger partial charge in [0.05, 0.1) is 11.7 Å². The lowest BCUT2D eigenvalue weighted by molar-refractivity contribution is -0.117. The van der Waals surface area contributed by atoms with Gasteiger partial charge in [-0.2, -0.15) is 5.26 Å². The minimum atomic E-state index is -0.502. The summed E-state index contributed by atoms with van der Waals surface area (Å²) in [4.78, 5) is 32.8. The number of hydrogen-bond donors (Lipinski definition) is 1. The molecule has 2 aliphatic rings. The highest BCUT2D eigenvalue weighted by Crippen LogP contribution is 2.22. The number of fused-ring (bicyclic) bond motifs is 1. The van der Waals surface area contributed by atoms with Gasteiger partial charge in [0, 0.05) is 32.4 Å². The number of carbonyl (C=O) groups is 1. The third-order valence-electron chi connectivity index (χ3n) is 5.82. The van der Waals surface area contributed by atoms with Crippen LogP contribution in [-0.4, -0.2) is 47.6 Å². The lowest BCUT2D eigenvalue weighted by Gasteiger charge is -2.23. The van der Waals surface area contributed by atoms with Crippen LogP contribution in [0.15, 0.2) is 34.8 Å². The number of ether oxygens (including phenoxy) is 1. The van der Waals surface area contributed by atoms with Crippen molar-refractivity contribution in [1.82, 2.24) is 14.7 Å². The number of pyridine rings is 1. The van der Waals surface area contributed by atoms with Crippen LogP contribution in [0, 0.1) is 11.3 Å². The van der Waals surface area contributed by atoms with Gasteiger partial charge in [-0.1, -0.05) is 18.9 Å². The standard InChI is InChI=1S/C23H27N5O3/c24-15-17(22(29)25-16-18-8-7-13-31-18)14-19-21(27-10-4-1-2-5-11-27)26-20-9-3-6-12-28(20)23(19)30/h3,6,9,12,14,18H,1-2,4-5,7-8,10-11,13,16H2,(H,25,29). The van der Waals surface area contributed by atoms with Crippen molar-refractivity contribution in [1.29, 1.82) is 5.26 Å². The van der Waals surface area contributed by atoms with E-state index in [9.17, 15) is 14.9 Å². The minimum Gasteiger partial charge on any atom is -0.376 e. The molecule has 2 aromatic heterocycles. The maximum atomic E-state index is 13.3. The van der Waals surface area contributed by atoms with Gasteiger partial charge < -0.3 is 15.0 Å². The van der Waals surface area contributed by atoms with E-state index in [0.717, 1.165) is 51.6 Å². The van der Waals surface area contributed by atoms with E-state index in [-0.39, 0.29) is 22.8 Å². The molecule has 0 spiro atoms. The van der Waals surface area contributed by atoms with Gasteiger partial charge in [0.25, 0.3) is 11.5 Å². The number of amides is 1. The first-order valence-electron chi connectivity index (χ1n) is 11.0. The highest BCUT2D eigenvalue weighted by molar-refractivity contribution is 6.02. The number of anilines is 1. The molecule has 162 valence electrons. The van der Waals surface area contributed by atoms with Gasteiger partial charge in [0.15, 0.2) is 0 Å². The van der Waals surface area contributed by atoms with Gasteiger partial charge in [-0.25, -0.2) is 4.98 Å². The number of hydrogen-bond acceptors (Lipinski definition) is 6. The van der Waals surface area contributed by atoms with Crippen molar-refractivity contribution in [2.75, 3.05) is 31.1 Å². The number of nitrogens with zero attached hydrogens (tertiary/aromatic N) is 4. The Hall–Kier alpha value is -3.18. The van der Waals surface area contributed by atoms with E-state index in [1.807, 2.05) is 12.1 Å². The summed E-state index contributed by atoms with van der Waals surface area (Å²) in [7, 11) is 0. The van der Waals surface area contributed by atoms with E-state index in [0.29, 0.717) is 24.6 Å². The molecule has 1 N–H and O–H groups in total. The normalized spacial score (nSPS) is 19.8. The summed E-state index contributed by atoms with van der Waals surface area (Å²) in [6.07, 6.45) is 9.20. The highest BCUT2D eigenvalue weighted by atomic mass is 16.5. The largest absolute Gasteiger partial charge is 0.376 e. The maximum Gasteiger partial charge on any atom is 0.267 e. The molecule has 2 saturated heterocycles. The molecule has 0 bridgehead atoms. The van der Waals surface area contributed by atoms with E-state index >= 15 is 0 Å². The second-order valence-corrected chi connectivity index (χ2v) is 8.00. The molecular formula is C23H27N5O3. The number of aromatic nitrogens is 2. The fraction of sp³-hybridized carbons (Fsp3) is 0.478. The van der Waals surface area contributed by atoms with Crippen molar-refractivity contribution in [3.05, 3.63) is 45.9 Å². The zero-order chi connectivity index (χ0) is 21.6. The molecule has 31 heavy (non-hydrogen) atoms. The summed E-state index contributed by atoms with van der Waals surface area (Å²) in [6, 6.07) is 7.34. The maximum absolute atomic E-state index is 13.3. The summed E-state index contributed by atoms with van der Waals surface area (Å²) < 4.78 is 6.98. The van der Waals surface area contributed by atoms with Crippen LogP contribution >= 0.6 is 0 Å². The molecule has 8 heteroatoms. The molecule has 2 aromatic rings. The molecular weight excluding hydrogens is 394 g/mol. The van der Waals surface area contributed by atoms with Crippen molar-refractivity contribution in [2.24, 2.45) is 0 Å². The Morgan fingerprint density at radius 2 is 2.06 bits per heavy atom. The van der Waals surface area contributed by atoms with E-state index in [1.165, 1.54) is 10.5 Å². The molecule has 1 unspecified atom stereocenters. The first kappa shape index (κ1) is 21.1. The Balaban J connectivity index is 1.72.